The molecule has 0 aliphatic carbocycles. The molecule has 0 saturated carbocycles. The summed E-state index contributed by atoms with van der Waals surface area (Å²) in [6, 6.07) is 15.1. The van der Waals surface area contributed by atoms with Crippen molar-refractivity contribution in [2.24, 2.45) is 0 Å². The summed E-state index contributed by atoms with van der Waals surface area (Å²) in [5, 5.41) is 8.09. The third-order valence-electron chi connectivity index (χ3n) is 6.68. The van der Waals surface area contributed by atoms with Crippen molar-refractivity contribution in [3.63, 3.8) is 0 Å². The molecular formula is C31H28N4O5S2. The minimum atomic E-state index is -0.548. The van der Waals surface area contributed by atoms with Crippen LogP contribution in [0.1, 0.15) is 43.6 Å². The largest absolute Gasteiger partial charge is 0.462 e. The van der Waals surface area contributed by atoms with Crippen molar-refractivity contribution < 1.29 is 19.1 Å². The molecule has 5 rings (SSSR count). The summed E-state index contributed by atoms with van der Waals surface area (Å²) in [6.07, 6.45) is 1.29. The van der Waals surface area contributed by atoms with E-state index in [1.54, 1.807) is 19.2 Å². The molecule has 11 heteroatoms. The molecule has 0 aliphatic heterocycles. The molecule has 0 fully saturated rings. The summed E-state index contributed by atoms with van der Waals surface area (Å²) in [6.45, 7) is 7.16. The Morgan fingerprint density at radius 3 is 2.50 bits per heavy atom. The summed E-state index contributed by atoms with van der Waals surface area (Å²) in [4.78, 5) is 57.6. The number of aryl methyl sites for hydroxylation is 3. The molecule has 0 bridgehead atoms. The molecule has 0 saturated heterocycles. The predicted octanol–water partition coefficient (Wildman–Crippen LogP) is 6.18. The normalized spacial score (nSPS) is 11.0. The van der Waals surface area contributed by atoms with Crippen LogP contribution in [0.4, 0.5) is 10.7 Å². The maximum Gasteiger partial charge on any atom is 0.341 e. The van der Waals surface area contributed by atoms with Crippen molar-refractivity contribution in [3.05, 3.63) is 97.7 Å². The number of aromatic nitrogens is 2. The molecule has 0 unspecified atom stereocenters. The summed E-state index contributed by atoms with van der Waals surface area (Å²) >= 11 is 2.33. The molecule has 2 amide bonds. The van der Waals surface area contributed by atoms with Gasteiger partial charge in [0.1, 0.15) is 21.9 Å². The fourth-order valence-electron chi connectivity index (χ4n) is 4.63. The van der Waals surface area contributed by atoms with Gasteiger partial charge in [-0.1, -0.05) is 48.0 Å². The number of ether oxygens (including phenoxy) is 1. The second-order valence-electron chi connectivity index (χ2n) is 9.67. The van der Waals surface area contributed by atoms with E-state index in [-0.39, 0.29) is 30.0 Å². The van der Waals surface area contributed by atoms with Gasteiger partial charge in [-0.05, 0) is 50.5 Å². The van der Waals surface area contributed by atoms with Crippen LogP contribution in [0.25, 0.3) is 21.3 Å². The Bertz CT molecular complexity index is 1890. The molecular weight excluding hydrogens is 572 g/mol. The molecule has 9 nitrogen and oxygen atoms in total. The zero-order valence-electron chi connectivity index (χ0n) is 23.4. The van der Waals surface area contributed by atoms with Crippen LogP contribution in [0, 0.1) is 20.8 Å². The SMILES string of the molecule is CCOC(=O)c1c(-c2ccccc2)csc1NC(=O)Cn1cnc2sc(C(=O)Nc3ccc(C)cc3C)c(C)c2c1=O. The lowest BCUT2D eigenvalue weighted by atomic mass is 10.0. The highest BCUT2D eigenvalue weighted by Crippen LogP contribution is 2.36. The van der Waals surface area contributed by atoms with E-state index in [2.05, 4.69) is 15.6 Å². The Labute approximate surface area is 249 Å². The monoisotopic (exact) mass is 600 g/mol. The highest BCUT2D eigenvalue weighted by atomic mass is 32.1. The van der Waals surface area contributed by atoms with E-state index in [9.17, 15) is 19.2 Å². The van der Waals surface area contributed by atoms with Gasteiger partial charge >= 0.3 is 5.97 Å². The van der Waals surface area contributed by atoms with Gasteiger partial charge in [0.25, 0.3) is 11.5 Å². The van der Waals surface area contributed by atoms with E-state index in [0.29, 0.717) is 31.5 Å². The fraction of sp³-hybridized carbons (Fsp3) is 0.194. The number of esters is 1. The van der Waals surface area contributed by atoms with Crippen molar-refractivity contribution >= 4 is 61.4 Å². The Balaban J connectivity index is 1.39. The first-order valence-corrected chi connectivity index (χ1v) is 14.9. The summed E-state index contributed by atoms with van der Waals surface area (Å²) in [7, 11) is 0. The molecule has 42 heavy (non-hydrogen) atoms. The molecule has 2 N–H and O–H groups in total. The Hall–Kier alpha value is -4.61. The fourth-order valence-corrected chi connectivity index (χ4v) is 6.64. The van der Waals surface area contributed by atoms with Crippen molar-refractivity contribution in [1.82, 2.24) is 9.55 Å². The van der Waals surface area contributed by atoms with Crippen LogP contribution in [0.2, 0.25) is 0 Å². The zero-order valence-corrected chi connectivity index (χ0v) is 25.1. The first kappa shape index (κ1) is 28.9. The average molecular weight is 601 g/mol. The summed E-state index contributed by atoms with van der Waals surface area (Å²) < 4.78 is 6.45. The van der Waals surface area contributed by atoms with E-state index in [4.69, 9.17) is 4.74 Å². The van der Waals surface area contributed by atoms with Crippen LogP contribution in [0.15, 0.2) is 65.0 Å². The number of nitrogens with zero attached hydrogens (tertiary/aromatic N) is 2. The van der Waals surface area contributed by atoms with Crippen LogP contribution >= 0.6 is 22.7 Å². The number of benzene rings is 2. The Kier molecular flexibility index (Phi) is 8.32. The minimum absolute atomic E-state index is 0.183. The number of thiophene rings is 2. The van der Waals surface area contributed by atoms with Gasteiger partial charge in [0, 0.05) is 16.6 Å². The Morgan fingerprint density at radius 2 is 1.79 bits per heavy atom. The highest BCUT2D eigenvalue weighted by molar-refractivity contribution is 7.20. The summed E-state index contributed by atoms with van der Waals surface area (Å²) in [5.74, 6) is -1.38. The number of nitrogens with one attached hydrogen (secondary N) is 2. The number of amides is 2. The standard InChI is InChI=1S/C31H28N4O5S2/c1-5-40-31(39)25-21(20-9-7-6-8-10-20)15-41-29(25)34-23(36)14-35-16-32-28-24(30(35)38)19(4)26(42-28)27(37)33-22-12-11-17(2)13-18(22)3/h6-13,15-16H,5,14H2,1-4H3,(H,33,37)(H,34,36). The smallest absolute Gasteiger partial charge is 0.341 e. The van der Waals surface area contributed by atoms with Gasteiger partial charge in [-0.3, -0.25) is 19.0 Å². The van der Waals surface area contributed by atoms with Crippen LogP contribution in [-0.4, -0.2) is 33.9 Å². The van der Waals surface area contributed by atoms with Gasteiger partial charge in [0.15, 0.2) is 0 Å². The van der Waals surface area contributed by atoms with Gasteiger partial charge < -0.3 is 15.4 Å². The molecule has 0 atom stereocenters. The topological polar surface area (TPSA) is 119 Å². The van der Waals surface area contributed by atoms with Gasteiger partial charge in [-0.2, -0.15) is 0 Å². The number of anilines is 2. The van der Waals surface area contributed by atoms with Crippen molar-refractivity contribution in [2.75, 3.05) is 17.2 Å². The Morgan fingerprint density at radius 1 is 1.02 bits per heavy atom. The van der Waals surface area contributed by atoms with E-state index in [0.717, 1.165) is 28.0 Å². The molecule has 0 aliphatic rings. The third kappa shape index (κ3) is 5.74. The van der Waals surface area contributed by atoms with Crippen molar-refractivity contribution in [2.45, 2.75) is 34.2 Å². The highest BCUT2D eigenvalue weighted by Gasteiger charge is 2.24. The van der Waals surface area contributed by atoms with Crippen LogP contribution in [0.5, 0.6) is 0 Å². The second kappa shape index (κ2) is 12.1. The molecule has 214 valence electrons. The third-order valence-corrected chi connectivity index (χ3v) is 8.77. The van der Waals surface area contributed by atoms with Crippen molar-refractivity contribution in [1.29, 1.82) is 0 Å². The summed E-state index contributed by atoms with van der Waals surface area (Å²) in [5.41, 5.74) is 4.50. The zero-order chi connectivity index (χ0) is 30.0. The maximum atomic E-state index is 13.4. The van der Waals surface area contributed by atoms with Gasteiger partial charge in [0.2, 0.25) is 5.91 Å². The lowest BCUT2D eigenvalue weighted by molar-refractivity contribution is -0.116. The lowest BCUT2D eigenvalue weighted by Crippen LogP contribution is -2.28. The minimum Gasteiger partial charge on any atom is -0.462 e. The average Bonchev–Trinajstić information content (AvgIpc) is 3.53. The number of hydrogen-bond acceptors (Lipinski definition) is 8. The second-order valence-corrected chi connectivity index (χ2v) is 11.6. The molecule has 0 spiro atoms. The number of rotatable bonds is 8. The predicted molar refractivity (Wildman–Crippen MR) is 167 cm³/mol. The van der Waals surface area contributed by atoms with Crippen LogP contribution in [-0.2, 0) is 16.1 Å². The quantitative estimate of drug-likeness (QED) is 0.205. The molecule has 5 aromatic rings. The van der Waals surface area contributed by atoms with Crippen LogP contribution < -0.4 is 16.2 Å². The number of carbonyl (C=O) groups excluding carboxylic acids is 3. The lowest BCUT2D eigenvalue weighted by Gasteiger charge is -2.10. The van der Waals surface area contributed by atoms with Gasteiger partial charge in [0.05, 0.1) is 23.2 Å². The van der Waals surface area contributed by atoms with Gasteiger partial charge in [-0.15, -0.1) is 22.7 Å². The molecule has 2 aromatic carbocycles. The molecule has 3 heterocycles. The van der Waals surface area contributed by atoms with Crippen LogP contribution in [0.3, 0.4) is 0 Å². The molecule has 3 aromatic heterocycles. The first-order chi connectivity index (χ1) is 20.2. The van der Waals surface area contributed by atoms with E-state index >= 15 is 0 Å². The van der Waals surface area contributed by atoms with Gasteiger partial charge in [-0.25, -0.2) is 9.78 Å². The van der Waals surface area contributed by atoms with E-state index in [1.165, 1.54) is 22.2 Å². The van der Waals surface area contributed by atoms with Crippen molar-refractivity contribution in [3.8, 4) is 11.1 Å². The number of hydrogen-bond donors (Lipinski definition) is 2. The molecule has 0 radical (unpaired) electrons. The number of fused-ring (bicyclic) bond motifs is 1. The van der Waals surface area contributed by atoms with E-state index in [1.807, 2.05) is 62.4 Å². The van der Waals surface area contributed by atoms with E-state index < -0.39 is 17.4 Å². The first-order valence-electron chi connectivity index (χ1n) is 13.2. The maximum absolute atomic E-state index is 13.4. The number of carbonyl (C=O) groups is 3.